The van der Waals surface area contributed by atoms with Gasteiger partial charge in [0, 0.05) is 213 Å². The first-order valence-corrected chi connectivity index (χ1v) is 11.3. The molecule has 2 aromatic carbocycles. The van der Waals surface area contributed by atoms with Gasteiger partial charge in [0.05, 0.1) is 16.4 Å². The third-order valence-corrected chi connectivity index (χ3v) is 6.37. The van der Waals surface area contributed by atoms with E-state index >= 15 is 0 Å². The molecule has 2 atom stereocenters. The smallest absolute Gasteiger partial charge is 0.263 e. The summed E-state index contributed by atoms with van der Waals surface area (Å²) in [6.45, 7) is 4.25. The molecule has 4 radical (unpaired) electrons. The van der Waals surface area contributed by atoms with Crippen LogP contribution in [0.5, 0.6) is 0 Å². The molecule has 37 heavy (non-hydrogen) atoms. The average Bonchev–Trinajstić information content (AvgIpc) is 3.03. The Bertz CT molecular complexity index is 1130. The first-order valence-electron chi connectivity index (χ1n) is 10.2. The van der Waals surface area contributed by atoms with Crippen molar-refractivity contribution >= 4 is 58.0 Å². The molecule has 8 nitrogen and oxygen atoms in total. The van der Waals surface area contributed by atoms with Gasteiger partial charge < -0.3 is 31.5 Å². The molecule has 0 saturated heterocycles. The van der Waals surface area contributed by atoms with Crippen molar-refractivity contribution < 1.29 is 185 Å². The van der Waals surface area contributed by atoms with Gasteiger partial charge in [0.25, 0.3) is 11.8 Å². The molecule has 2 aliphatic heterocycles. The second kappa shape index (κ2) is 17.7. The Balaban J connectivity index is 0. The molecule has 2 aromatic rings. The first kappa shape index (κ1) is 42.7. The Kier molecular flexibility index (Phi) is 20.5. The zero-order valence-corrected chi connectivity index (χ0v) is 37.5. The van der Waals surface area contributed by atoms with E-state index in [4.69, 9.17) is 46.3 Å². The SMILES string of the molecule is CC1(O)C(=O)N(CCN)c2cc(Cl)cc(Cl)c21.CC1(O)C(=O)N(CCN)c2ccc(Cl)cc21.[Pr].[Pr].[Pr].[Pr]. The molecule has 0 fully saturated rings. The van der Waals surface area contributed by atoms with E-state index in [-0.39, 0.29) is 176 Å². The summed E-state index contributed by atoms with van der Waals surface area (Å²) >= 11 is 17.8. The molecule has 15 heteroatoms. The third-order valence-electron chi connectivity index (χ3n) is 5.61. The summed E-state index contributed by atoms with van der Waals surface area (Å²) in [4.78, 5) is 26.9. The van der Waals surface area contributed by atoms with Gasteiger partial charge in [-0.1, -0.05) is 34.8 Å². The van der Waals surface area contributed by atoms with Crippen LogP contribution in [0.15, 0.2) is 30.3 Å². The van der Waals surface area contributed by atoms with Gasteiger partial charge in [0.1, 0.15) is 0 Å². The molecule has 4 rings (SSSR count). The number of nitrogens with zero attached hydrogens (tertiary/aromatic N) is 2. The van der Waals surface area contributed by atoms with Crippen LogP contribution < -0.4 is 21.3 Å². The first-order chi connectivity index (χ1) is 15.4. The molecule has 2 heterocycles. The van der Waals surface area contributed by atoms with Gasteiger partial charge in [0.2, 0.25) is 0 Å². The van der Waals surface area contributed by atoms with E-state index in [0.29, 0.717) is 58.7 Å². The van der Waals surface area contributed by atoms with E-state index in [0.717, 1.165) is 0 Å². The summed E-state index contributed by atoms with van der Waals surface area (Å²) in [7, 11) is 0. The Labute approximate surface area is 364 Å². The van der Waals surface area contributed by atoms with Crippen LogP contribution in [0.4, 0.5) is 11.4 Å². The van der Waals surface area contributed by atoms with Crippen molar-refractivity contribution in [3.05, 3.63) is 56.5 Å². The number of fused-ring (bicyclic) bond motifs is 2. The largest absolute Gasteiger partial charge is 0.375 e. The predicted octanol–water partition coefficient (Wildman–Crippen LogP) is 2.36. The van der Waals surface area contributed by atoms with Crippen LogP contribution in [-0.4, -0.2) is 48.2 Å². The second-order valence-corrected chi connectivity index (χ2v) is 9.36. The van der Waals surface area contributed by atoms with E-state index in [1.807, 2.05) is 0 Å². The Morgan fingerprint density at radius 1 is 0.757 bits per heavy atom. The van der Waals surface area contributed by atoms with Gasteiger partial charge in [-0.15, -0.1) is 0 Å². The Morgan fingerprint density at radius 3 is 1.76 bits per heavy atom. The number of aliphatic hydroxyl groups is 2. The van der Waals surface area contributed by atoms with E-state index in [1.54, 1.807) is 24.3 Å². The van der Waals surface area contributed by atoms with E-state index in [1.165, 1.54) is 29.7 Å². The zero-order chi connectivity index (χ0) is 24.7. The molecular weight excluding hydrogens is 1050 g/mol. The molecule has 0 bridgehead atoms. The Hall–Kier alpha value is 3.54. The van der Waals surface area contributed by atoms with Crippen molar-refractivity contribution in [3.8, 4) is 0 Å². The number of hydrogen-bond donors (Lipinski definition) is 4. The molecule has 2 amide bonds. The number of anilines is 2. The van der Waals surface area contributed by atoms with Crippen LogP contribution >= 0.6 is 34.8 Å². The minimum atomic E-state index is -1.62. The maximum atomic E-state index is 12.1. The van der Waals surface area contributed by atoms with E-state index in [9.17, 15) is 19.8 Å². The van der Waals surface area contributed by atoms with Crippen LogP contribution in [0.2, 0.25) is 15.1 Å². The summed E-state index contributed by atoms with van der Waals surface area (Å²) in [5.74, 6) is -0.780. The molecule has 6 N–H and O–H groups in total. The van der Waals surface area contributed by atoms with Crippen LogP contribution in [0.1, 0.15) is 25.0 Å². The van der Waals surface area contributed by atoms with Crippen LogP contribution in [0, 0.1) is 165 Å². The van der Waals surface area contributed by atoms with Crippen LogP contribution in [0.3, 0.4) is 0 Å². The number of amides is 2. The summed E-state index contributed by atoms with van der Waals surface area (Å²) in [6, 6.07) is 8.16. The van der Waals surface area contributed by atoms with Gasteiger partial charge in [-0.25, -0.2) is 0 Å². The number of halogens is 3. The van der Waals surface area contributed by atoms with Crippen molar-refractivity contribution in [2.45, 2.75) is 25.0 Å². The van der Waals surface area contributed by atoms with Crippen molar-refractivity contribution in [2.24, 2.45) is 11.5 Å². The summed E-state index contributed by atoms with van der Waals surface area (Å²) in [5, 5.41) is 21.6. The monoisotopic (exact) mass is 1080 g/mol. The van der Waals surface area contributed by atoms with Crippen LogP contribution in [0.25, 0.3) is 0 Å². The number of nitrogens with two attached hydrogens (primary N) is 2. The number of benzene rings is 2. The van der Waals surface area contributed by atoms with Gasteiger partial charge >= 0.3 is 0 Å². The summed E-state index contributed by atoms with van der Waals surface area (Å²) in [5.41, 5.74) is 9.92. The zero-order valence-electron chi connectivity index (χ0n) is 20.4. The average molecular weight is 1080 g/mol. The minimum absolute atomic E-state index is 0. The standard InChI is InChI=1S/C11H12Cl2N2O2.C11H13ClN2O2.4Pr/c1-11(17)9-7(13)4-6(12)5-8(9)15(3-2-14)10(11)16;1-11(16)8-6-7(12)2-3-9(8)14(5-4-13)10(11)15;;;;/h4-5,17H,2-3,14H2,1H3;2-3,6,16H,4-5,13H2,1H3;;;;. The van der Waals surface area contributed by atoms with Gasteiger partial charge in [-0.3, -0.25) is 9.59 Å². The maximum Gasteiger partial charge on any atom is 0.263 e. The molecule has 0 aliphatic carbocycles. The van der Waals surface area contributed by atoms with Gasteiger partial charge in [0.15, 0.2) is 11.2 Å². The maximum absolute atomic E-state index is 12.1. The number of rotatable bonds is 4. The van der Waals surface area contributed by atoms with Crippen molar-refractivity contribution in [2.75, 3.05) is 36.0 Å². The van der Waals surface area contributed by atoms with Crippen molar-refractivity contribution in [1.82, 2.24) is 0 Å². The second-order valence-electron chi connectivity index (χ2n) is 8.08. The fraction of sp³-hybridized carbons (Fsp3) is 0.364. The molecular formula is C22H25Cl3N4O4Pr4. The van der Waals surface area contributed by atoms with E-state index < -0.39 is 17.1 Å². The molecule has 0 spiro atoms. The van der Waals surface area contributed by atoms with E-state index in [2.05, 4.69) is 0 Å². The summed E-state index contributed by atoms with van der Waals surface area (Å²) in [6.07, 6.45) is 0. The van der Waals surface area contributed by atoms with Crippen molar-refractivity contribution in [3.63, 3.8) is 0 Å². The normalized spacial score (nSPS) is 20.9. The molecule has 0 aromatic heterocycles. The van der Waals surface area contributed by atoms with Gasteiger partial charge in [-0.2, -0.15) is 0 Å². The van der Waals surface area contributed by atoms with Crippen molar-refractivity contribution in [1.29, 1.82) is 0 Å². The molecule has 190 valence electrons. The third kappa shape index (κ3) is 9.04. The minimum Gasteiger partial charge on any atom is -0.375 e. The predicted molar refractivity (Wildman–Crippen MR) is 130 cm³/mol. The topological polar surface area (TPSA) is 133 Å². The molecule has 0 saturated carbocycles. The number of hydrogen-bond acceptors (Lipinski definition) is 6. The quantitative estimate of drug-likeness (QED) is 0.372. The fourth-order valence-corrected chi connectivity index (χ4v) is 4.90. The molecule has 2 aliphatic rings. The fourth-order valence-electron chi connectivity index (χ4n) is 4.06. The van der Waals surface area contributed by atoms with Gasteiger partial charge in [-0.05, 0) is 44.2 Å². The summed E-state index contributed by atoms with van der Waals surface area (Å²) < 4.78 is 0. The number of carbonyl (C=O) groups is 2. The van der Waals surface area contributed by atoms with Crippen LogP contribution in [-0.2, 0) is 20.8 Å². The number of carbonyl (C=O) groups excluding carboxylic acids is 2. The molecule has 2 unspecified atom stereocenters. The Morgan fingerprint density at radius 2 is 1.24 bits per heavy atom.